The van der Waals surface area contributed by atoms with E-state index in [1.165, 1.54) is 0 Å². The molecule has 0 saturated carbocycles. The second-order valence-corrected chi connectivity index (χ2v) is 6.49. The number of unbranched alkanes of at least 4 members (excludes halogenated alkanes) is 1. The first-order valence-electron chi connectivity index (χ1n) is 9.23. The van der Waals surface area contributed by atoms with Crippen molar-refractivity contribution in [2.75, 3.05) is 6.61 Å². The van der Waals surface area contributed by atoms with Crippen molar-refractivity contribution >= 4 is 16.5 Å². The molecule has 0 aliphatic carbocycles. The molecule has 3 nitrogen and oxygen atoms in total. The van der Waals surface area contributed by atoms with Crippen molar-refractivity contribution in [3.05, 3.63) is 71.5 Å². The molecule has 0 spiro atoms. The highest BCUT2D eigenvalue weighted by molar-refractivity contribution is 5.82. The summed E-state index contributed by atoms with van der Waals surface area (Å²) in [7, 11) is 0. The van der Waals surface area contributed by atoms with Crippen molar-refractivity contribution in [3.8, 4) is 5.75 Å². The Morgan fingerprint density at radius 3 is 2.81 bits per heavy atom. The Balaban J connectivity index is 1.83. The fraction of sp³-hybridized carbons (Fsp3) is 0.304. The summed E-state index contributed by atoms with van der Waals surface area (Å²) in [6.45, 7) is 4.70. The van der Waals surface area contributed by atoms with Crippen LogP contribution in [0.5, 0.6) is 5.75 Å². The van der Waals surface area contributed by atoms with Gasteiger partial charge in [0, 0.05) is 17.4 Å². The molecule has 0 aliphatic heterocycles. The third-order valence-corrected chi connectivity index (χ3v) is 4.61. The number of ether oxygens (including phenoxy) is 1. The predicted octanol–water partition coefficient (Wildman–Crippen LogP) is 5.75. The molecule has 1 aromatic heterocycles. The van der Waals surface area contributed by atoms with E-state index < -0.39 is 0 Å². The van der Waals surface area contributed by atoms with E-state index in [-0.39, 0.29) is 6.61 Å². The van der Waals surface area contributed by atoms with Crippen LogP contribution < -0.4 is 4.74 Å². The van der Waals surface area contributed by atoms with Crippen LogP contribution in [0.25, 0.3) is 16.5 Å². The molecule has 0 bridgehead atoms. The number of aliphatic hydroxyl groups is 1. The average molecular weight is 350 g/mol. The van der Waals surface area contributed by atoms with Gasteiger partial charge in [0.05, 0.1) is 6.61 Å². The highest BCUT2D eigenvalue weighted by Crippen LogP contribution is 2.29. The number of furan rings is 1. The number of allylic oxidation sites excluding steroid dienone is 1. The molecule has 0 unspecified atom stereocenters. The normalized spacial score (nSPS) is 11.9. The summed E-state index contributed by atoms with van der Waals surface area (Å²) >= 11 is 0. The van der Waals surface area contributed by atoms with Crippen molar-refractivity contribution in [1.82, 2.24) is 0 Å². The zero-order valence-electron chi connectivity index (χ0n) is 15.5. The number of para-hydroxylation sites is 1. The maximum atomic E-state index is 9.08. The zero-order valence-corrected chi connectivity index (χ0v) is 15.5. The quantitative estimate of drug-likeness (QED) is 0.562. The molecule has 1 heterocycles. The Kier molecular flexibility index (Phi) is 6.13. The number of benzene rings is 2. The number of hydrogen-bond acceptors (Lipinski definition) is 3. The first-order valence-corrected chi connectivity index (χ1v) is 9.23. The molecule has 0 aliphatic rings. The van der Waals surface area contributed by atoms with E-state index in [9.17, 15) is 0 Å². The molecule has 0 saturated heterocycles. The van der Waals surface area contributed by atoms with E-state index >= 15 is 0 Å². The standard InChI is InChI=1S/C23H26O3/c1-3-4-11-23-21(20-10-5-6-12-22(20)26-23)16-25-19-9-7-8-18(15-19)17(2)13-14-24/h5-10,12-13,15,24H,3-4,11,14,16H2,1-2H3/b17-13+. The lowest BCUT2D eigenvalue weighted by atomic mass is 10.1. The lowest BCUT2D eigenvalue weighted by molar-refractivity contribution is 0.303. The van der Waals surface area contributed by atoms with E-state index in [0.29, 0.717) is 6.61 Å². The van der Waals surface area contributed by atoms with Crippen LogP contribution in [0, 0.1) is 0 Å². The maximum absolute atomic E-state index is 9.08. The Morgan fingerprint density at radius 2 is 2.00 bits per heavy atom. The van der Waals surface area contributed by atoms with Crippen LogP contribution in [0.15, 0.2) is 59.0 Å². The molecule has 0 fully saturated rings. The van der Waals surface area contributed by atoms with Crippen LogP contribution in [0.2, 0.25) is 0 Å². The van der Waals surface area contributed by atoms with Gasteiger partial charge < -0.3 is 14.3 Å². The third kappa shape index (κ3) is 4.17. The van der Waals surface area contributed by atoms with Gasteiger partial charge in [-0.05, 0) is 42.7 Å². The number of fused-ring (bicyclic) bond motifs is 1. The van der Waals surface area contributed by atoms with Gasteiger partial charge in [-0.3, -0.25) is 0 Å². The lowest BCUT2D eigenvalue weighted by Crippen LogP contribution is -1.99. The molecule has 2 aromatic carbocycles. The van der Waals surface area contributed by atoms with E-state index in [1.54, 1.807) is 6.08 Å². The fourth-order valence-corrected chi connectivity index (χ4v) is 3.09. The molecule has 1 N–H and O–H groups in total. The topological polar surface area (TPSA) is 42.6 Å². The predicted molar refractivity (Wildman–Crippen MR) is 106 cm³/mol. The summed E-state index contributed by atoms with van der Waals surface area (Å²) in [4.78, 5) is 0. The summed E-state index contributed by atoms with van der Waals surface area (Å²) in [5.74, 6) is 1.85. The average Bonchev–Trinajstić information content (AvgIpc) is 3.02. The van der Waals surface area contributed by atoms with Crippen LogP contribution in [-0.4, -0.2) is 11.7 Å². The minimum Gasteiger partial charge on any atom is -0.489 e. The number of rotatable bonds is 8. The maximum Gasteiger partial charge on any atom is 0.134 e. The molecule has 0 amide bonds. The zero-order chi connectivity index (χ0) is 18.4. The largest absolute Gasteiger partial charge is 0.489 e. The molecule has 0 atom stereocenters. The molecule has 0 radical (unpaired) electrons. The monoisotopic (exact) mass is 350 g/mol. The lowest BCUT2D eigenvalue weighted by Gasteiger charge is -2.09. The highest BCUT2D eigenvalue weighted by atomic mass is 16.5. The molecule has 26 heavy (non-hydrogen) atoms. The van der Waals surface area contributed by atoms with Crippen molar-refractivity contribution < 1.29 is 14.3 Å². The van der Waals surface area contributed by atoms with Gasteiger partial charge in [-0.1, -0.05) is 49.8 Å². The Labute approximate surface area is 154 Å². The number of aliphatic hydroxyl groups excluding tert-OH is 1. The van der Waals surface area contributed by atoms with Gasteiger partial charge in [-0.25, -0.2) is 0 Å². The van der Waals surface area contributed by atoms with Crippen molar-refractivity contribution in [2.24, 2.45) is 0 Å². The molecule has 3 aromatic rings. The van der Waals surface area contributed by atoms with Crippen molar-refractivity contribution in [3.63, 3.8) is 0 Å². The summed E-state index contributed by atoms with van der Waals surface area (Å²) < 4.78 is 12.2. The smallest absolute Gasteiger partial charge is 0.134 e. The molecule has 136 valence electrons. The number of aryl methyl sites for hydroxylation is 1. The highest BCUT2D eigenvalue weighted by Gasteiger charge is 2.14. The van der Waals surface area contributed by atoms with E-state index in [4.69, 9.17) is 14.3 Å². The Morgan fingerprint density at radius 1 is 1.15 bits per heavy atom. The Hall–Kier alpha value is -2.52. The van der Waals surface area contributed by atoms with Gasteiger partial charge in [-0.2, -0.15) is 0 Å². The second kappa shape index (κ2) is 8.72. The summed E-state index contributed by atoms with van der Waals surface area (Å²) in [6.07, 6.45) is 4.97. The van der Waals surface area contributed by atoms with Gasteiger partial charge in [0.15, 0.2) is 0 Å². The minimum atomic E-state index is 0.0404. The first kappa shape index (κ1) is 18.3. The number of hydrogen-bond donors (Lipinski definition) is 1. The van der Waals surface area contributed by atoms with E-state index in [0.717, 1.165) is 58.4 Å². The van der Waals surface area contributed by atoms with Gasteiger partial charge >= 0.3 is 0 Å². The first-order chi connectivity index (χ1) is 12.7. The van der Waals surface area contributed by atoms with Crippen LogP contribution in [0.3, 0.4) is 0 Å². The van der Waals surface area contributed by atoms with Crippen LogP contribution >= 0.6 is 0 Å². The molecular formula is C23H26O3. The van der Waals surface area contributed by atoms with Crippen LogP contribution in [0.1, 0.15) is 43.6 Å². The molecule has 3 rings (SSSR count). The van der Waals surface area contributed by atoms with Gasteiger partial charge in [-0.15, -0.1) is 0 Å². The fourth-order valence-electron chi connectivity index (χ4n) is 3.09. The van der Waals surface area contributed by atoms with Gasteiger partial charge in [0.1, 0.15) is 23.7 Å². The Bertz CT molecular complexity index is 889. The van der Waals surface area contributed by atoms with E-state index in [2.05, 4.69) is 13.0 Å². The third-order valence-electron chi connectivity index (χ3n) is 4.61. The summed E-state index contributed by atoms with van der Waals surface area (Å²) in [5, 5.41) is 10.2. The second-order valence-electron chi connectivity index (χ2n) is 6.49. The van der Waals surface area contributed by atoms with Crippen molar-refractivity contribution in [1.29, 1.82) is 0 Å². The van der Waals surface area contributed by atoms with Crippen molar-refractivity contribution in [2.45, 2.75) is 39.7 Å². The SMILES string of the molecule is CCCCc1oc2ccccc2c1COc1cccc(/C(C)=C/CO)c1. The van der Waals surface area contributed by atoms with Gasteiger partial charge in [0.25, 0.3) is 0 Å². The molecular weight excluding hydrogens is 324 g/mol. The van der Waals surface area contributed by atoms with E-state index in [1.807, 2.05) is 49.4 Å². The summed E-state index contributed by atoms with van der Waals surface area (Å²) in [6, 6.07) is 16.1. The van der Waals surface area contributed by atoms with Gasteiger partial charge in [0.2, 0.25) is 0 Å². The minimum absolute atomic E-state index is 0.0404. The summed E-state index contributed by atoms with van der Waals surface area (Å²) in [5.41, 5.74) is 4.16. The van der Waals surface area contributed by atoms with Crippen LogP contribution in [-0.2, 0) is 13.0 Å². The molecule has 3 heteroatoms. The van der Waals surface area contributed by atoms with Crippen LogP contribution in [0.4, 0.5) is 0 Å².